The Morgan fingerprint density at radius 1 is 1.04 bits per heavy atom. The van der Waals surface area contributed by atoms with Crippen molar-refractivity contribution in [3.63, 3.8) is 0 Å². The minimum Gasteiger partial charge on any atom is -0.353 e. The van der Waals surface area contributed by atoms with E-state index in [9.17, 15) is 24.0 Å². The third-order valence-corrected chi connectivity index (χ3v) is 9.93. The summed E-state index contributed by atoms with van der Waals surface area (Å²) in [5.74, 6) is -3.29. The lowest BCUT2D eigenvalue weighted by molar-refractivity contribution is -0.146. The first kappa shape index (κ1) is 34.9. The largest absolute Gasteiger partial charge is 0.353 e. The van der Waals surface area contributed by atoms with Crippen LogP contribution in [0.4, 0.5) is 0 Å². The molecule has 47 heavy (non-hydrogen) atoms. The van der Waals surface area contributed by atoms with Crippen molar-refractivity contribution in [1.29, 1.82) is 0 Å². The molecule has 3 fully saturated rings. The molecule has 4 aliphatic rings. The molecule has 12 heteroatoms. The Bertz CT molecular complexity index is 1390. The van der Waals surface area contributed by atoms with Crippen LogP contribution in [0.15, 0.2) is 30.3 Å². The monoisotopic (exact) mass is 669 g/mol. The van der Waals surface area contributed by atoms with E-state index in [4.69, 9.17) is 16.4 Å². The van der Waals surface area contributed by atoms with Crippen LogP contribution in [0.5, 0.6) is 0 Å². The first-order chi connectivity index (χ1) is 22.5. The average Bonchev–Trinajstić information content (AvgIpc) is 3.64. The summed E-state index contributed by atoms with van der Waals surface area (Å²) in [6.07, 6.45) is 9.68. The summed E-state index contributed by atoms with van der Waals surface area (Å²) in [5, 5.41) is 9.19. The smallest absolute Gasteiger partial charge is 0.289 e. The number of ketones is 1. The Morgan fingerprint density at radius 2 is 1.77 bits per heavy atom. The van der Waals surface area contributed by atoms with Gasteiger partial charge in [0, 0.05) is 41.4 Å². The molecule has 4 atom stereocenters. The molecule has 0 aromatic heterocycles. The van der Waals surface area contributed by atoms with Crippen molar-refractivity contribution < 1.29 is 28.8 Å². The number of benzene rings is 1. The van der Waals surface area contributed by atoms with Gasteiger partial charge in [-0.15, -0.1) is 0 Å². The molecule has 4 amide bonds. The van der Waals surface area contributed by atoms with Crippen LogP contribution < -0.4 is 21.4 Å². The first-order valence-electron chi connectivity index (χ1n) is 17.2. The van der Waals surface area contributed by atoms with E-state index in [0.717, 1.165) is 44.1 Å². The summed E-state index contributed by atoms with van der Waals surface area (Å²) < 4.78 is 0. The fourth-order valence-corrected chi connectivity index (χ4v) is 7.03. The first-order valence-corrected chi connectivity index (χ1v) is 17.5. The second-order valence-electron chi connectivity index (χ2n) is 13.9. The summed E-state index contributed by atoms with van der Waals surface area (Å²) in [4.78, 5) is 74.9. The van der Waals surface area contributed by atoms with Gasteiger partial charge in [-0.25, -0.2) is 0 Å². The van der Waals surface area contributed by atoms with Crippen molar-refractivity contribution in [3.05, 3.63) is 40.9 Å². The van der Waals surface area contributed by atoms with Crippen LogP contribution in [0.3, 0.4) is 0 Å². The highest BCUT2D eigenvalue weighted by molar-refractivity contribution is 6.38. The predicted molar refractivity (Wildman–Crippen MR) is 177 cm³/mol. The molecule has 0 bridgehead atoms. The normalized spacial score (nSPS) is 24.0. The molecule has 11 nitrogen and oxygen atoms in total. The molecular weight excluding hydrogens is 622 g/mol. The molecule has 0 radical (unpaired) electrons. The Balaban J connectivity index is 1.38. The third kappa shape index (κ3) is 8.73. The number of hydroxylamine groups is 1. The van der Waals surface area contributed by atoms with Crippen molar-refractivity contribution >= 4 is 46.7 Å². The van der Waals surface area contributed by atoms with E-state index in [1.54, 1.807) is 12.1 Å². The van der Waals surface area contributed by atoms with E-state index in [1.165, 1.54) is 11.3 Å². The van der Waals surface area contributed by atoms with Gasteiger partial charge in [-0.2, -0.15) is 0 Å². The lowest BCUT2D eigenvalue weighted by Crippen LogP contribution is -2.54. The average molecular weight is 670 g/mol. The van der Waals surface area contributed by atoms with E-state index in [1.807, 2.05) is 39.0 Å². The van der Waals surface area contributed by atoms with Crippen LogP contribution in [0.1, 0.15) is 97.0 Å². The van der Waals surface area contributed by atoms with Gasteiger partial charge in [0.1, 0.15) is 11.6 Å². The molecule has 2 saturated carbocycles. The number of nitrogens with zero attached hydrogens (tertiary/aromatic N) is 1. The Kier molecular flexibility index (Phi) is 11.3. The molecule has 2 aliphatic carbocycles. The summed E-state index contributed by atoms with van der Waals surface area (Å²) in [6.45, 7) is 5.73. The highest BCUT2D eigenvalue weighted by Crippen LogP contribution is 2.39. The van der Waals surface area contributed by atoms with E-state index >= 15 is 0 Å². The molecule has 0 unspecified atom stereocenters. The quantitative estimate of drug-likeness (QED) is 0.234. The van der Waals surface area contributed by atoms with Gasteiger partial charge in [-0.05, 0) is 56.2 Å². The molecule has 256 valence electrons. The lowest BCUT2D eigenvalue weighted by Gasteiger charge is -2.31. The predicted octanol–water partition coefficient (Wildman–Crippen LogP) is 3.80. The minimum atomic E-state index is -1.05. The van der Waals surface area contributed by atoms with Gasteiger partial charge >= 0.3 is 0 Å². The zero-order valence-electron chi connectivity index (χ0n) is 27.6. The van der Waals surface area contributed by atoms with E-state index < -0.39 is 41.2 Å². The van der Waals surface area contributed by atoms with E-state index in [2.05, 4.69) is 21.4 Å². The topological polar surface area (TPSA) is 146 Å². The van der Waals surface area contributed by atoms with Crippen molar-refractivity contribution in [2.75, 3.05) is 6.54 Å². The fraction of sp³-hybridized carbons (Fsp3) is 0.629. The van der Waals surface area contributed by atoms with Crippen LogP contribution in [-0.4, -0.2) is 70.6 Å². The Hall–Kier alpha value is -3.44. The van der Waals surface area contributed by atoms with Gasteiger partial charge in [-0.1, -0.05) is 70.2 Å². The van der Waals surface area contributed by atoms with Crippen molar-refractivity contribution in [2.24, 2.45) is 11.8 Å². The van der Waals surface area contributed by atoms with E-state index in [-0.39, 0.29) is 55.6 Å². The van der Waals surface area contributed by atoms with Crippen LogP contribution in [0.2, 0.25) is 5.02 Å². The summed E-state index contributed by atoms with van der Waals surface area (Å²) in [6, 6.07) is 5.35. The van der Waals surface area contributed by atoms with Gasteiger partial charge in [0.05, 0.1) is 18.3 Å². The highest BCUT2D eigenvalue weighted by atomic mass is 35.5. The maximum atomic E-state index is 14.4. The number of carbonyl (C=O) groups excluding carboxylic acids is 5. The second kappa shape index (κ2) is 15.2. The molecule has 5 rings (SSSR count). The number of hydrogen-bond acceptors (Lipinski definition) is 7. The zero-order valence-corrected chi connectivity index (χ0v) is 28.4. The maximum Gasteiger partial charge on any atom is 0.289 e. The van der Waals surface area contributed by atoms with E-state index in [0.29, 0.717) is 17.1 Å². The van der Waals surface area contributed by atoms with Crippen LogP contribution in [0, 0.1) is 11.8 Å². The molecule has 1 saturated heterocycles. The van der Waals surface area contributed by atoms with Gasteiger partial charge in [0.25, 0.3) is 5.91 Å². The summed E-state index contributed by atoms with van der Waals surface area (Å²) in [7, 11) is 0. The number of hydrogen-bond donors (Lipinski definition) is 4. The second-order valence-corrected chi connectivity index (χ2v) is 14.4. The SMILES string of the molecule is CCC[C@H](NC(=O)[C@@H]1C[C@]2(C=C(c3cccc(Cl)c3)NO2)CN1C(=O)[C@@H](CC(=O)NC1CCCCC1)C(C)C)C(=O)C(=O)NC1CC1. The Labute approximate surface area is 281 Å². The lowest BCUT2D eigenvalue weighted by atomic mass is 9.89. The molecule has 2 heterocycles. The number of carbonyl (C=O) groups is 5. The van der Waals surface area contributed by atoms with Crippen molar-refractivity contribution in [3.8, 4) is 0 Å². The molecule has 1 aromatic rings. The van der Waals surface area contributed by atoms with Crippen LogP contribution in [0.25, 0.3) is 5.70 Å². The number of nitrogens with one attached hydrogen (secondary N) is 4. The molecule has 1 spiro atoms. The fourth-order valence-electron chi connectivity index (χ4n) is 6.84. The van der Waals surface area contributed by atoms with Crippen LogP contribution >= 0.6 is 11.6 Å². The minimum absolute atomic E-state index is 0.00278. The third-order valence-electron chi connectivity index (χ3n) is 9.69. The number of amides is 4. The number of Topliss-reactive ketones (excluding diaryl/α,β-unsaturated/α-hetero) is 1. The number of likely N-dealkylation sites (tertiary alicyclic amines) is 1. The van der Waals surface area contributed by atoms with Crippen molar-refractivity contribution in [1.82, 2.24) is 26.3 Å². The molecular formula is C35H48ClN5O6. The summed E-state index contributed by atoms with van der Waals surface area (Å²) in [5.41, 5.74) is 3.36. The summed E-state index contributed by atoms with van der Waals surface area (Å²) >= 11 is 6.23. The Morgan fingerprint density at radius 3 is 2.43 bits per heavy atom. The van der Waals surface area contributed by atoms with Gasteiger partial charge in [0.15, 0.2) is 0 Å². The highest BCUT2D eigenvalue weighted by Gasteiger charge is 2.53. The van der Waals surface area contributed by atoms with Crippen LogP contribution in [-0.2, 0) is 28.8 Å². The van der Waals surface area contributed by atoms with Gasteiger partial charge in [-0.3, -0.25) is 34.3 Å². The zero-order chi connectivity index (χ0) is 33.7. The number of rotatable bonds is 13. The molecule has 2 aliphatic heterocycles. The molecule has 4 N–H and O–H groups in total. The number of halogens is 1. The van der Waals surface area contributed by atoms with Crippen molar-refractivity contribution in [2.45, 2.75) is 121 Å². The van der Waals surface area contributed by atoms with Gasteiger partial charge in [0.2, 0.25) is 23.5 Å². The van der Waals surface area contributed by atoms with Gasteiger partial charge < -0.3 is 20.9 Å². The molecule has 1 aromatic carbocycles. The maximum absolute atomic E-state index is 14.4. The standard InChI is InChI=1S/C35H48ClN5O6/c1-4-9-27(31(43)33(45)38-25-14-15-25)39-32(44)29-19-35(18-28(40-47-35)22-10-8-11-23(36)16-22)20-41(29)34(46)26(21(2)3)17-30(42)37-24-12-6-5-7-13-24/h8,10-11,16,18,21,24-27,29,40H,4-7,9,12-15,17,19-20H2,1-3H3,(H,37,42)(H,38,45)(H,39,44)/t26-,27-,29-,35+/m0/s1.